The number of hydrogen-bond donors (Lipinski definition) is 2. The standard InChI is InChI=1S/C12H9ClN2O2S/c13-8-4-2-1-3-7(8)9-5-6-10(17-9)11(16)15-12(14)18/h1-6H,(H3,14,15,16,18). The first kappa shape index (κ1) is 12.6. The number of amides is 1. The van der Waals surface area contributed by atoms with Gasteiger partial charge in [-0.3, -0.25) is 10.1 Å². The van der Waals surface area contributed by atoms with Crippen molar-refractivity contribution in [3.05, 3.63) is 47.2 Å². The van der Waals surface area contributed by atoms with E-state index in [-0.39, 0.29) is 10.9 Å². The van der Waals surface area contributed by atoms with E-state index in [1.165, 1.54) is 6.07 Å². The van der Waals surface area contributed by atoms with E-state index in [0.29, 0.717) is 16.3 Å². The van der Waals surface area contributed by atoms with Gasteiger partial charge in [0.15, 0.2) is 10.9 Å². The molecular formula is C12H9ClN2O2S. The highest BCUT2D eigenvalue weighted by atomic mass is 35.5. The third-order valence-corrected chi connectivity index (χ3v) is 2.64. The Morgan fingerprint density at radius 1 is 1.28 bits per heavy atom. The van der Waals surface area contributed by atoms with Gasteiger partial charge in [0.25, 0.3) is 5.91 Å². The molecule has 0 atom stereocenters. The summed E-state index contributed by atoms with van der Waals surface area (Å²) in [6.07, 6.45) is 0. The first-order valence-corrected chi connectivity index (χ1v) is 5.82. The van der Waals surface area contributed by atoms with E-state index >= 15 is 0 Å². The molecule has 92 valence electrons. The van der Waals surface area contributed by atoms with Crippen LogP contribution >= 0.6 is 23.8 Å². The van der Waals surface area contributed by atoms with Gasteiger partial charge < -0.3 is 10.2 Å². The fourth-order valence-electron chi connectivity index (χ4n) is 1.44. The van der Waals surface area contributed by atoms with Gasteiger partial charge >= 0.3 is 0 Å². The number of nitrogens with one attached hydrogen (secondary N) is 1. The molecule has 0 saturated heterocycles. The number of hydrogen-bond acceptors (Lipinski definition) is 3. The molecular weight excluding hydrogens is 272 g/mol. The summed E-state index contributed by atoms with van der Waals surface area (Å²) in [6.45, 7) is 0. The second-order valence-electron chi connectivity index (χ2n) is 3.46. The smallest absolute Gasteiger partial charge is 0.293 e. The highest BCUT2D eigenvalue weighted by Gasteiger charge is 2.13. The zero-order valence-electron chi connectivity index (χ0n) is 9.14. The lowest BCUT2D eigenvalue weighted by atomic mass is 10.2. The van der Waals surface area contributed by atoms with Crippen LogP contribution < -0.4 is 11.1 Å². The predicted molar refractivity (Wildman–Crippen MR) is 73.4 cm³/mol. The van der Waals surface area contributed by atoms with Crippen molar-refractivity contribution in [2.75, 3.05) is 0 Å². The first-order valence-electron chi connectivity index (χ1n) is 5.03. The minimum Gasteiger partial charge on any atom is -0.451 e. The molecule has 0 aliphatic heterocycles. The first-order chi connectivity index (χ1) is 8.58. The van der Waals surface area contributed by atoms with Crippen LogP contribution in [0, 0.1) is 0 Å². The van der Waals surface area contributed by atoms with E-state index in [9.17, 15) is 4.79 Å². The molecule has 4 nitrogen and oxygen atoms in total. The lowest BCUT2D eigenvalue weighted by Gasteiger charge is -2.00. The third-order valence-electron chi connectivity index (χ3n) is 2.21. The maximum absolute atomic E-state index is 11.6. The Kier molecular flexibility index (Phi) is 3.64. The molecule has 0 bridgehead atoms. The van der Waals surface area contributed by atoms with Crippen molar-refractivity contribution in [2.24, 2.45) is 5.73 Å². The van der Waals surface area contributed by atoms with Crippen LogP contribution in [0.1, 0.15) is 10.6 Å². The number of halogens is 1. The molecule has 1 aromatic heterocycles. The van der Waals surface area contributed by atoms with Crippen molar-refractivity contribution in [3.8, 4) is 11.3 Å². The SMILES string of the molecule is NC(=S)NC(=O)c1ccc(-c2ccccc2Cl)o1. The van der Waals surface area contributed by atoms with Gasteiger partial charge in [0.1, 0.15) is 5.76 Å². The van der Waals surface area contributed by atoms with Gasteiger partial charge in [-0.2, -0.15) is 0 Å². The van der Waals surface area contributed by atoms with E-state index in [1.54, 1.807) is 18.2 Å². The lowest BCUT2D eigenvalue weighted by molar-refractivity contribution is 0.0951. The van der Waals surface area contributed by atoms with Crippen molar-refractivity contribution in [1.82, 2.24) is 5.32 Å². The monoisotopic (exact) mass is 280 g/mol. The Labute approximate surface area is 114 Å². The van der Waals surface area contributed by atoms with Gasteiger partial charge in [0.2, 0.25) is 0 Å². The highest BCUT2D eigenvalue weighted by Crippen LogP contribution is 2.28. The van der Waals surface area contributed by atoms with Gasteiger partial charge in [-0.1, -0.05) is 23.7 Å². The largest absolute Gasteiger partial charge is 0.451 e. The van der Waals surface area contributed by atoms with Crippen LogP contribution in [0.15, 0.2) is 40.8 Å². The van der Waals surface area contributed by atoms with Crippen LogP contribution in [0.5, 0.6) is 0 Å². The Balaban J connectivity index is 2.29. The normalized spacial score (nSPS) is 10.1. The molecule has 1 heterocycles. The summed E-state index contributed by atoms with van der Waals surface area (Å²) in [6, 6.07) is 10.4. The molecule has 0 fully saturated rings. The van der Waals surface area contributed by atoms with Crippen molar-refractivity contribution in [3.63, 3.8) is 0 Å². The minimum atomic E-state index is -0.485. The molecule has 0 aliphatic rings. The molecule has 0 unspecified atom stereocenters. The number of thiocarbonyl (C=S) groups is 1. The fourth-order valence-corrected chi connectivity index (χ4v) is 1.76. The summed E-state index contributed by atoms with van der Waals surface area (Å²) < 4.78 is 5.40. The van der Waals surface area contributed by atoms with E-state index < -0.39 is 5.91 Å². The lowest BCUT2D eigenvalue weighted by Crippen LogP contribution is -2.34. The molecule has 2 aromatic rings. The molecule has 6 heteroatoms. The van der Waals surface area contributed by atoms with E-state index in [0.717, 1.165) is 0 Å². The highest BCUT2D eigenvalue weighted by molar-refractivity contribution is 7.80. The summed E-state index contributed by atoms with van der Waals surface area (Å²) >= 11 is 10.6. The van der Waals surface area contributed by atoms with Gasteiger partial charge in [0, 0.05) is 5.56 Å². The zero-order valence-corrected chi connectivity index (χ0v) is 10.7. The van der Waals surface area contributed by atoms with Crippen LogP contribution in [0.4, 0.5) is 0 Å². The summed E-state index contributed by atoms with van der Waals surface area (Å²) in [5, 5.41) is 2.73. The topological polar surface area (TPSA) is 68.3 Å². The molecule has 0 aliphatic carbocycles. The molecule has 3 N–H and O–H groups in total. The molecule has 0 saturated carbocycles. The maximum atomic E-state index is 11.6. The van der Waals surface area contributed by atoms with Crippen LogP contribution in [-0.2, 0) is 0 Å². The molecule has 1 aromatic carbocycles. The number of benzene rings is 1. The number of carbonyl (C=O) groups is 1. The van der Waals surface area contributed by atoms with Crippen molar-refractivity contribution in [1.29, 1.82) is 0 Å². The van der Waals surface area contributed by atoms with Crippen LogP contribution in [-0.4, -0.2) is 11.0 Å². The molecule has 1 amide bonds. The van der Waals surface area contributed by atoms with E-state index in [4.69, 9.17) is 21.8 Å². The Morgan fingerprint density at radius 3 is 2.67 bits per heavy atom. The number of rotatable bonds is 2. The number of furan rings is 1. The summed E-state index contributed by atoms with van der Waals surface area (Å²) in [4.78, 5) is 11.6. The Bertz CT molecular complexity index is 610. The molecule has 2 rings (SSSR count). The summed E-state index contributed by atoms with van der Waals surface area (Å²) in [5.41, 5.74) is 5.93. The predicted octanol–water partition coefficient (Wildman–Crippen LogP) is 2.57. The van der Waals surface area contributed by atoms with Gasteiger partial charge in [-0.25, -0.2) is 0 Å². The molecule has 0 radical (unpaired) electrons. The van der Waals surface area contributed by atoms with Gasteiger partial charge in [-0.05, 0) is 36.5 Å². The number of nitrogens with two attached hydrogens (primary N) is 1. The van der Waals surface area contributed by atoms with Crippen molar-refractivity contribution in [2.45, 2.75) is 0 Å². The summed E-state index contributed by atoms with van der Waals surface area (Å²) in [5.74, 6) is 0.146. The zero-order chi connectivity index (χ0) is 13.1. The average molecular weight is 281 g/mol. The van der Waals surface area contributed by atoms with Crippen LogP contribution in [0.25, 0.3) is 11.3 Å². The molecule has 18 heavy (non-hydrogen) atoms. The molecule has 0 spiro atoms. The second-order valence-corrected chi connectivity index (χ2v) is 4.31. The number of carbonyl (C=O) groups excluding carboxylic acids is 1. The van der Waals surface area contributed by atoms with Crippen molar-refractivity contribution >= 4 is 34.8 Å². The Hall–Kier alpha value is -1.85. The van der Waals surface area contributed by atoms with Crippen LogP contribution in [0.2, 0.25) is 5.02 Å². The second kappa shape index (κ2) is 5.20. The quantitative estimate of drug-likeness (QED) is 0.830. The van der Waals surface area contributed by atoms with Crippen molar-refractivity contribution < 1.29 is 9.21 Å². The Morgan fingerprint density at radius 2 is 2.00 bits per heavy atom. The van der Waals surface area contributed by atoms with E-state index in [2.05, 4.69) is 17.5 Å². The third kappa shape index (κ3) is 2.69. The summed E-state index contributed by atoms with van der Waals surface area (Å²) in [7, 11) is 0. The van der Waals surface area contributed by atoms with E-state index in [1.807, 2.05) is 12.1 Å². The maximum Gasteiger partial charge on any atom is 0.293 e. The fraction of sp³-hybridized carbons (Fsp3) is 0. The van der Waals surface area contributed by atoms with Gasteiger partial charge in [0.05, 0.1) is 5.02 Å². The average Bonchev–Trinajstić information content (AvgIpc) is 2.78. The minimum absolute atomic E-state index is 0.101. The van der Waals surface area contributed by atoms with Gasteiger partial charge in [-0.15, -0.1) is 0 Å². The van der Waals surface area contributed by atoms with Crippen LogP contribution in [0.3, 0.4) is 0 Å².